The van der Waals surface area contributed by atoms with E-state index >= 15 is 0 Å². The maximum atomic E-state index is 13.3. The zero-order valence-electron chi connectivity index (χ0n) is 15.3. The van der Waals surface area contributed by atoms with Gasteiger partial charge in [0, 0.05) is 36.3 Å². The summed E-state index contributed by atoms with van der Waals surface area (Å²) in [6.45, 7) is 0.729. The van der Waals surface area contributed by atoms with Gasteiger partial charge >= 0.3 is 0 Å². The van der Waals surface area contributed by atoms with Crippen LogP contribution in [-0.4, -0.2) is 41.4 Å². The second-order valence-electron chi connectivity index (χ2n) is 7.38. The molecule has 2 bridgehead atoms. The van der Waals surface area contributed by atoms with Gasteiger partial charge in [0.15, 0.2) is 0 Å². The highest BCUT2D eigenvalue weighted by atomic mass is 16.2. The van der Waals surface area contributed by atoms with Crippen molar-refractivity contribution in [3.63, 3.8) is 0 Å². The van der Waals surface area contributed by atoms with Crippen LogP contribution in [0, 0.1) is 0 Å². The van der Waals surface area contributed by atoms with Crippen molar-refractivity contribution in [1.29, 1.82) is 0 Å². The smallest absolute Gasteiger partial charge is 0.258 e. The Bertz CT molecular complexity index is 784. The van der Waals surface area contributed by atoms with E-state index in [1.54, 1.807) is 0 Å². The summed E-state index contributed by atoms with van der Waals surface area (Å²) in [6.07, 6.45) is 6.61. The molecule has 0 saturated carbocycles. The van der Waals surface area contributed by atoms with E-state index in [1.807, 2.05) is 41.3 Å². The lowest BCUT2D eigenvalue weighted by Gasteiger charge is -2.35. The maximum absolute atomic E-state index is 13.3. The number of carbonyl (C=O) groups is 1. The Balaban J connectivity index is 1.59. The minimum Gasteiger partial charge on any atom is -0.312 e. The third kappa shape index (κ3) is 3.45. The number of likely N-dealkylation sites (N-methyl/N-ethyl adjacent to an activating group) is 1. The van der Waals surface area contributed by atoms with Gasteiger partial charge < -0.3 is 4.90 Å². The molecular weight excluding hydrogens is 320 g/mol. The molecule has 26 heavy (non-hydrogen) atoms. The molecule has 2 unspecified atom stereocenters. The third-order valence-corrected chi connectivity index (χ3v) is 5.80. The predicted molar refractivity (Wildman–Crippen MR) is 105 cm³/mol. The van der Waals surface area contributed by atoms with Crippen LogP contribution in [0.2, 0.25) is 0 Å². The lowest BCUT2D eigenvalue weighted by atomic mass is 10.0. The van der Waals surface area contributed by atoms with Crippen LogP contribution in [0.5, 0.6) is 0 Å². The van der Waals surface area contributed by atoms with E-state index in [-0.39, 0.29) is 5.91 Å². The molecule has 3 nitrogen and oxygen atoms in total. The van der Waals surface area contributed by atoms with Crippen LogP contribution in [0.1, 0.15) is 35.2 Å². The third-order valence-electron chi connectivity index (χ3n) is 5.80. The summed E-state index contributed by atoms with van der Waals surface area (Å²) in [6, 6.07) is 21.2. The highest BCUT2D eigenvalue weighted by molar-refractivity contribution is 5.95. The quantitative estimate of drug-likeness (QED) is 0.813. The minimum absolute atomic E-state index is 0.122. The molecule has 0 radical (unpaired) electrons. The second-order valence-corrected chi connectivity index (χ2v) is 7.38. The molecule has 0 spiro atoms. The van der Waals surface area contributed by atoms with Crippen molar-refractivity contribution < 1.29 is 4.79 Å². The molecule has 4 rings (SSSR count). The number of carbonyl (C=O) groups excluding carboxylic acids is 1. The van der Waals surface area contributed by atoms with Crippen LogP contribution in [0.3, 0.4) is 0 Å². The number of nitrogens with zero attached hydrogens (tertiary/aromatic N) is 2. The summed E-state index contributed by atoms with van der Waals surface area (Å²) in [4.78, 5) is 17.7. The van der Waals surface area contributed by atoms with Crippen molar-refractivity contribution in [2.24, 2.45) is 0 Å². The molecule has 3 heteroatoms. The first-order valence-corrected chi connectivity index (χ1v) is 9.56. The fourth-order valence-electron chi connectivity index (χ4n) is 4.22. The average Bonchev–Trinajstić information content (AvgIpc) is 2.90. The SMILES string of the molecule is CN1C2C=C(N(CCc3ccccc3)C(=O)c3ccccc3)CC1CC2. The lowest BCUT2D eigenvalue weighted by molar-refractivity contribution is 0.0787. The Kier molecular flexibility index (Phi) is 4.89. The first-order valence-electron chi connectivity index (χ1n) is 9.56. The zero-order valence-corrected chi connectivity index (χ0v) is 15.3. The molecule has 2 aromatic rings. The van der Waals surface area contributed by atoms with Crippen molar-refractivity contribution in [3.8, 4) is 0 Å². The summed E-state index contributed by atoms with van der Waals surface area (Å²) in [5, 5.41) is 0. The van der Waals surface area contributed by atoms with Gasteiger partial charge in [-0.1, -0.05) is 48.5 Å². The van der Waals surface area contributed by atoms with Gasteiger partial charge in [0.05, 0.1) is 0 Å². The summed E-state index contributed by atoms with van der Waals surface area (Å²) >= 11 is 0. The van der Waals surface area contributed by atoms with Crippen LogP contribution >= 0.6 is 0 Å². The van der Waals surface area contributed by atoms with Gasteiger partial charge in [-0.15, -0.1) is 0 Å². The molecule has 2 aliphatic rings. The highest BCUT2D eigenvalue weighted by Crippen LogP contribution is 2.35. The van der Waals surface area contributed by atoms with Crippen LogP contribution < -0.4 is 0 Å². The van der Waals surface area contributed by atoms with Crippen molar-refractivity contribution in [2.75, 3.05) is 13.6 Å². The molecule has 1 saturated heterocycles. The molecule has 0 aromatic heterocycles. The van der Waals surface area contributed by atoms with Gasteiger partial charge in [-0.3, -0.25) is 9.69 Å². The topological polar surface area (TPSA) is 23.6 Å². The number of hydrogen-bond donors (Lipinski definition) is 0. The van der Waals surface area contributed by atoms with E-state index in [0.717, 1.165) is 24.9 Å². The molecule has 2 aliphatic heterocycles. The van der Waals surface area contributed by atoms with E-state index in [4.69, 9.17) is 0 Å². The number of fused-ring (bicyclic) bond motifs is 2. The van der Waals surface area contributed by atoms with Crippen LogP contribution in [-0.2, 0) is 6.42 Å². The van der Waals surface area contributed by atoms with E-state index < -0.39 is 0 Å². The van der Waals surface area contributed by atoms with E-state index in [9.17, 15) is 4.79 Å². The van der Waals surface area contributed by atoms with Gasteiger partial charge in [0.25, 0.3) is 5.91 Å². The van der Waals surface area contributed by atoms with Gasteiger partial charge in [-0.05, 0) is 50.1 Å². The van der Waals surface area contributed by atoms with Crippen molar-refractivity contribution in [1.82, 2.24) is 9.80 Å². The second kappa shape index (κ2) is 7.46. The number of hydrogen-bond acceptors (Lipinski definition) is 2. The van der Waals surface area contributed by atoms with Crippen molar-refractivity contribution >= 4 is 5.91 Å². The fourth-order valence-corrected chi connectivity index (χ4v) is 4.22. The summed E-state index contributed by atoms with van der Waals surface area (Å²) in [7, 11) is 2.21. The van der Waals surface area contributed by atoms with E-state index in [0.29, 0.717) is 12.1 Å². The molecule has 0 aliphatic carbocycles. The summed E-state index contributed by atoms with van der Waals surface area (Å²) in [5.41, 5.74) is 3.25. The number of benzene rings is 2. The van der Waals surface area contributed by atoms with E-state index in [2.05, 4.69) is 42.3 Å². The average molecular weight is 346 g/mol. The normalized spacial score (nSPS) is 22.1. The molecule has 0 N–H and O–H groups in total. The summed E-state index contributed by atoms with van der Waals surface area (Å²) < 4.78 is 0. The van der Waals surface area contributed by atoms with Gasteiger partial charge in [0.2, 0.25) is 0 Å². The maximum Gasteiger partial charge on any atom is 0.258 e. The fraction of sp³-hybridized carbons (Fsp3) is 0.348. The van der Waals surface area contributed by atoms with Gasteiger partial charge in [-0.25, -0.2) is 0 Å². The van der Waals surface area contributed by atoms with Crippen LogP contribution in [0.15, 0.2) is 72.4 Å². The largest absolute Gasteiger partial charge is 0.312 e. The lowest BCUT2D eigenvalue weighted by Crippen LogP contribution is -2.41. The number of rotatable bonds is 5. The predicted octanol–water partition coefficient (Wildman–Crippen LogP) is 4.12. The molecule has 2 aromatic carbocycles. The Morgan fingerprint density at radius 1 is 1.04 bits per heavy atom. The Hall–Kier alpha value is -2.39. The molecule has 1 fully saturated rings. The summed E-state index contributed by atoms with van der Waals surface area (Å²) in [5.74, 6) is 0.122. The van der Waals surface area contributed by atoms with Crippen molar-refractivity contribution in [3.05, 3.63) is 83.6 Å². The Labute approximate surface area is 155 Å². The first-order chi connectivity index (χ1) is 12.7. The molecule has 134 valence electrons. The van der Waals surface area contributed by atoms with Crippen LogP contribution in [0.4, 0.5) is 0 Å². The highest BCUT2D eigenvalue weighted by Gasteiger charge is 2.36. The Morgan fingerprint density at radius 3 is 2.42 bits per heavy atom. The monoisotopic (exact) mass is 346 g/mol. The van der Waals surface area contributed by atoms with E-state index in [1.165, 1.54) is 24.1 Å². The van der Waals surface area contributed by atoms with Gasteiger partial charge in [0.1, 0.15) is 0 Å². The molecule has 2 heterocycles. The minimum atomic E-state index is 0.122. The first kappa shape index (κ1) is 17.0. The zero-order chi connectivity index (χ0) is 17.9. The molecular formula is C23H26N2O. The standard InChI is InChI=1S/C23H26N2O/c1-24-20-12-13-21(24)17-22(16-20)25(15-14-18-8-4-2-5-9-18)23(26)19-10-6-3-7-11-19/h2-11,16,20-21H,12-15,17H2,1H3. The van der Waals surface area contributed by atoms with Crippen molar-refractivity contribution in [2.45, 2.75) is 37.8 Å². The number of amides is 1. The molecule has 1 amide bonds. The van der Waals surface area contributed by atoms with Crippen LogP contribution in [0.25, 0.3) is 0 Å². The molecule has 2 atom stereocenters. The Morgan fingerprint density at radius 2 is 1.73 bits per heavy atom. The van der Waals surface area contributed by atoms with Gasteiger partial charge in [-0.2, -0.15) is 0 Å².